The molecule has 0 radical (unpaired) electrons. The summed E-state index contributed by atoms with van der Waals surface area (Å²) in [6.07, 6.45) is 0. The molecule has 4 nitrogen and oxygen atoms in total. The van der Waals surface area contributed by atoms with E-state index >= 15 is 0 Å². The fraction of sp³-hybridized carbons (Fsp3) is 0. The van der Waals surface area contributed by atoms with Crippen molar-refractivity contribution in [3.05, 3.63) is 82.3 Å². The van der Waals surface area contributed by atoms with Gasteiger partial charge in [-0.3, -0.25) is 4.79 Å². The van der Waals surface area contributed by atoms with Gasteiger partial charge in [0.15, 0.2) is 5.58 Å². The molecule has 1 aromatic heterocycles. The third-order valence-corrected chi connectivity index (χ3v) is 4.40. The van der Waals surface area contributed by atoms with Crippen molar-refractivity contribution in [1.82, 2.24) is 4.98 Å². The minimum Gasteiger partial charge on any atom is -0.436 e. The van der Waals surface area contributed by atoms with Gasteiger partial charge in [-0.1, -0.05) is 41.4 Å². The highest BCUT2D eigenvalue weighted by Gasteiger charge is 2.13. The van der Waals surface area contributed by atoms with Gasteiger partial charge in [0.05, 0.1) is 10.6 Å². The normalized spacial score (nSPS) is 10.8. The molecule has 0 atom stereocenters. The van der Waals surface area contributed by atoms with E-state index in [0.717, 1.165) is 5.56 Å². The van der Waals surface area contributed by atoms with Crippen molar-refractivity contribution >= 4 is 45.9 Å². The Hall–Kier alpha value is -2.82. The zero-order valence-electron chi connectivity index (χ0n) is 13.4. The Kier molecular flexibility index (Phi) is 4.37. The lowest BCUT2D eigenvalue weighted by atomic mass is 10.2. The number of hydrogen-bond donors (Lipinski definition) is 1. The molecule has 0 aliphatic rings. The number of carbonyl (C=O) groups excluding carboxylic acids is 1. The molecule has 1 N–H and O–H groups in total. The molecule has 0 bridgehead atoms. The third kappa shape index (κ3) is 3.29. The predicted octanol–water partition coefficient (Wildman–Crippen LogP) is 6.05. The van der Waals surface area contributed by atoms with Gasteiger partial charge < -0.3 is 9.73 Å². The Balaban J connectivity index is 1.64. The fourth-order valence-electron chi connectivity index (χ4n) is 2.59. The third-order valence-electron chi connectivity index (χ3n) is 3.84. The molecular weight excluding hydrogens is 371 g/mol. The van der Waals surface area contributed by atoms with E-state index in [4.69, 9.17) is 27.6 Å². The fourth-order valence-corrected chi connectivity index (χ4v) is 2.99. The van der Waals surface area contributed by atoms with Crippen LogP contribution in [-0.2, 0) is 0 Å². The van der Waals surface area contributed by atoms with Crippen LogP contribution in [-0.4, -0.2) is 10.9 Å². The number of nitrogens with zero attached hydrogens (tertiary/aromatic N) is 1. The number of nitrogens with one attached hydrogen (secondary N) is 1. The Morgan fingerprint density at radius 3 is 2.62 bits per heavy atom. The number of hydrogen-bond acceptors (Lipinski definition) is 3. The largest absolute Gasteiger partial charge is 0.436 e. The van der Waals surface area contributed by atoms with Crippen LogP contribution in [0.1, 0.15) is 10.4 Å². The number of amides is 1. The van der Waals surface area contributed by atoms with E-state index in [1.54, 1.807) is 48.5 Å². The Labute approximate surface area is 159 Å². The van der Waals surface area contributed by atoms with Gasteiger partial charge >= 0.3 is 0 Å². The first kappa shape index (κ1) is 16.6. The van der Waals surface area contributed by atoms with Gasteiger partial charge in [0.1, 0.15) is 5.52 Å². The maximum atomic E-state index is 12.3. The highest BCUT2D eigenvalue weighted by atomic mass is 35.5. The smallest absolute Gasteiger partial charge is 0.255 e. The predicted molar refractivity (Wildman–Crippen MR) is 104 cm³/mol. The van der Waals surface area contributed by atoms with E-state index in [-0.39, 0.29) is 5.91 Å². The highest BCUT2D eigenvalue weighted by molar-refractivity contribution is 6.33. The van der Waals surface area contributed by atoms with Crippen molar-refractivity contribution in [3.63, 3.8) is 0 Å². The van der Waals surface area contributed by atoms with E-state index in [0.29, 0.717) is 38.3 Å². The molecule has 0 unspecified atom stereocenters. The molecule has 4 aromatic rings. The number of oxazole rings is 1. The van der Waals surface area contributed by atoms with Gasteiger partial charge in [-0.2, -0.15) is 0 Å². The Bertz CT molecular complexity index is 1120. The van der Waals surface area contributed by atoms with Crippen molar-refractivity contribution in [1.29, 1.82) is 0 Å². The van der Waals surface area contributed by atoms with Crippen molar-refractivity contribution in [2.24, 2.45) is 0 Å². The van der Waals surface area contributed by atoms with Crippen LogP contribution in [0.4, 0.5) is 5.69 Å². The molecule has 0 fully saturated rings. The summed E-state index contributed by atoms with van der Waals surface area (Å²) >= 11 is 12.1. The summed E-state index contributed by atoms with van der Waals surface area (Å²) < 4.78 is 5.77. The van der Waals surface area contributed by atoms with Gasteiger partial charge in [0.2, 0.25) is 5.89 Å². The maximum Gasteiger partial charge on any atom is 0.255 e. The Morgan fingerprint density at radius 1 is 0.962 bits per heavy atom. The van der Waals surface area contributed by atoms with Gasteiger partial charge in [0.25, 0.3) is 5.91 Å². The lowest BCUT2D eigenvalue weighted by Crippen LogP contribution is -2.11. The molecule has 0 aliphatic carbocycles. The van der Waals surface area contributed by atoms with E-state index in [1.807, 2.05) is 18.2 Å². The van der Waals surface area contributed by atoms with Gasteiger partial charge in [-0.05, 0) is 48.5 Å². The maximum absolute atomic E-state index is 12.3. The molecule has 3 aromatic carbocycles. The van der Waals surface area contributed by atoms with Crippen LogP contribution in [0.25, 0.3) is 22.6 Å². The van der Waals surface area contributed by atoms with Crippen molar-refractivity contribution in [2.45, 2.75) is 0 Å². The van der Waals surface area contributed by atoms with Crippen molar-refractivity contribution < 1.29 is 9.21 Å². The first-order valence-electron chi connectivity index (χ1n) is 7.82. The van der Waals surface area contributed by atoms with Crippen LogP contribution in [0.3, 0.4) is 0 Å². The first-order valence-corrected chi connectivity index (χ1v) is 8.58. The number of anilines is 1. The zero-order valence-corrected chi connectivity index (χ0v) is 14.9. The molecule has 0 saturated carbocycles. The lowest BCUT2D eigenvalue weighted by Gasteiger charge is -2.05. The van der Waals surface area contributed by atoms with Crippen LogP contribution >= 0.6 is 23.2 Å². The van der Waals surface area contributed by atoms with Crippen LogP contribution in [0.15, 0.2) is 71.1 Å². The summed E-state index contributed by atoms with van der Waals surface area (Å²) in [4.78, 5) is 16.8. The number of fused-ring (bicyclic) bond motifs is 1. The average molecular weight is 383 g/mol. The summed E-state index contributed by atoms with van der Waals surface area (Å²) in [6.45, 7) is 0. The lowest BCUT2D eigenvalue weighted by molar-refractivity contribution is 0.102. The molecule has 1 amide bonds. The van der Waals surface area contributed by atoms with E-state index in [2.05, 4.69) is 10.3 Å². The Morgan fingerprint density at radius 2 is 1.81 bits per heavy atom. The second kappa shape index (κ2) is 6.83. The second-order valence-electron chi connectivity index (χ2n) is 5.65. The summed E-state index contributed by atoms with van der Waals surface area (Å²) in [6, 6.07) is 19.4. The van der Waals surface area contributed by atoms with E-state index in [1.165, 1.54) is 0 Å². The topological polar surface area (TPSA) is 55.1 Å². The SMILES string of the molecule is O=C(Nc1ccc2oc(-c3ccccc3Cl)nc2c1)c1cccc(Cl)c1. The van der Waals surface area contributed by atoms with Crippen molar-refractivity contribution in [2.75, 3.05) is 5.32 Å². The van der Waals surface area contributed by atoms with Gasteiger partial charge in [-0.25, -0.2) is 4.98 Å². The highest BCUT2D eigenvalue weighted by Crippen LogP contribution is 2.30. The summed E-state index contributed by atoms with van der Waals surface area (Å²) in [7, 11) is 0. The first-order chi connectivity index (χ1) is 12.6. The monoisotopic (exact) mass is 382 g/mol. The zero-order chi connectivity index (χ0) is 18.1. The van der Waals surface area contributed by atoms with Crippen LogP contribution in [0.5, 0.6) is 0 Å². The summed E-state index contributed by atoms with van der Waals surface area (Å²) in [5, 5.41) is 3.90. The van der Waals surface area contributed by atoms with E-state index in [9.17, 15) is 4.79 Å². The number of benzene rings is 3. The van der Waals surface area contributed by atoms with Crippen LogP contribution < -0.4 is 5.32 Å². The molecule has 1 heterocycles. The number of aromatic nitrogens is 1. The van der Waals surface area contributed by atoms with Crippen LogP contribution in [0.2, 0.25) is 10.0 Å². The molecule has 0 aliphatic heterocycles. The van der Waals surface area contributed by atoms with E-state index < -0.39 is 0 Å². The van der Waals surface area contributed by atoms with Gasteiger partial charge in [-0.15, -0.1) is 0 Å². The minimum absolute atomic E-state index is 0.248. The summed E-state index contributed by atoms with van der Waals surface area (Å²) in [5.41, 5.74) is 3.05. The molecule has 0 spiro atoms. The van der Waals surface area contributed by atoms with Gasteiger partial charge in [0, 0.05) is 16.3 Å². The minimum atomic E-state index is -0.248. The molecule has 26 heavy (non-hydrogen) atoms. The number of rotatable bonds is 3. The molecule has 6 heteroatoms. The quantitative estimate of drug-likeness (QED) is 0.468. The standard InChI is InChI=1S/C20H12Cl2N2O2/c21-13-5-3-4-12(10-13)19(25)23-14-8-9-18-17(11-14)24-20(26-18)15-6-1-2-7-16(15)22/h1-11H,(H,23,25). The molecule has 0 saturated heterocycles. The molecule has 4 rings (SSSR count). The second-order valence-corrected chi connectivity index (χ2v) is 6.49. The molecule has 128 valence electrons. The number of halogens is 2. The number of carbonyl (C=O) groups is 1. The van der Waals surface area contributed by atoms with Crippen molar-refractivity contribution in [3.8, 4) is 11.5 Å². The summed E-state index contributed by atoms with van der Waals surface area (Å²) in [5.74, 6) is 0.186. The average Bonchev–Trinajstić information content (AvgIpc) is 3.05. The van der Waals surface area contributed by atoms with Crippen LogP contribution in [0, 0.1) is 0 Å². The molecular formula is C20H12Cl2N2O2.